The molecule has 2 aliphatic heterocycles. The summed E-state index contributed by atoms with van der Waals surface area (Å²) in [5, 5.41) is -0.425. The minimum Gasteiger partial charge on any atom is -0.490 e. The topological polar surface area (TPSA) is 76.2 Å². The number of hydrogen-bond donors (Lipinski definition) is 0. The van der Waals surface area contributed by atoms with Gasteiger partial charge in [0.1, 0.15) is 6.54 Å². The van der Waals surface area contributed by atoms with Crippen LogP contribution in [0.15, 0.2) is 21.5 Å². The molecule has 2 heterocycles. The van der Waals surface area contributed by atoms with Crippen LogP contribution in [0.5, 0.6) is 11.5 Å². The van der Waals surface area contributed by atoms with Crippen molar-refractivity contribution in [2.24, 2.45) is 0 Å². The highest BCUT2D eigenvalue weighted by atomic mass is 79.9. The Bertz CT molecular complexity index is 867. The van der Waals surface area contributed by atoms with E-state index in [-0.39, 0.29) is 17.4 Å². The number of nitrogens with zero attached hydrogens (tertiary/aromatic N) is 2. The molecule has 1 aromatic carbocycles. The fourth-order valence-corrected chi connectivity index (χ4v) is 4.68. The van der Waals surface area contributed by atoms with E-state index in [1.54, 1.807) is 17.0 Å². The van der Waals surface area contributed by atoms with E-state index < -0.39 is 11.1 Å². The monoisotopic (exact) mass is 496 g/mol. The van der Waals surface area contributed by atoms with Crippen LogP contribution < -0.4 is 9.47 Å². The first kappa shape index (κ1) is 22.7. The molecule has 0 N–H and O–H groups in total. The second-order valence-corrected chi connectivity index (χ2v) is 8.81. The molecule has 0 atom stereocenters. The number of carbonyl (C=O) groups excluding carboxylic acids is 3. The highest BCUT2D eigenvalue weighted by Crippen LogP contribution is 2.39. The number of likely N-dealkylation sites (tertiary alicyclic amines) is 1. The number of rotatable bonds is 8. The standard InChI is InChI=1S/C21H25BrN2O5S/c1-3-9-29-19-15(22)10-14(11-16(19)28-4-2)12-17-20(26)24(21(27)30-17)13-18(25)23-7-5-6-8-23/h10-12H,3-9,13H2,1-2H3/b17-12-. The van der Waals surface area contributed by atoms with Crippen LogP contribution >= 0.6 is 27.7 Å². The first-order chi connectivity index (χ1) is 14.4. The van der Waals surface area contributed by atoms with Crippen LogP contribution in [0.3, 0.4) is 0 Å². The van der Waals surface area contributed by atoms with Crippen LogP contribution in [0, 0.1) is 0 Å². The highest BCUT2D eigenvalue weighted by Gasteiger charge is 2.37. The van der Waals surface area contributed by atoms with Crippen molar-refractivity contribution in [3.8, 4) is 11.5 Å². The van der Waals surface area contributed by atoms with Crippen LogP contribution in [0.1, 0.15) is 38.7 Å². The summed E-state index contributed by atoms with van der Waals surface area (Å²) in [5.41, 5.74) is 0.700. The average Bonchev–Trinajstić information content (AvgIpc) is 3.33. The predicted octanol–water partition coefficient (Wildman–Crippen LogP) is 4.30. The summed E-state index contributed by atoms with van der Waals surface area (Å²) in [4.78, 5) is 40.5. The van der Waals surface area contributed by atoms with E-state index in [0.29, 0.717) is 47.8 Å². The Labute approximate surface area is 188 Å². The van der Waals surface area contributed by atoms with E-state index in [4.69, 9.17) is 9.47 Å². The van der Waals surface area contributed by atoms with E-state index in [1.807, 2.05) is 19.9 Å². The lowest BCUT2D eigenvalue weighted by molar-refractivity contribution is -0.135. The summed E-state index contributed by atoms with van der Waals surface area (Å²) in [6, 6.07) is 3.60. The number of ether oxygens (including phenoxy) is 2. The third-order valence-corrected chi connectivity index (χ3v) is 6.20. The molecule has 7 nitrogen and oxygen atoms in total. The van der Waals surface area contributed by atoms with Crippen molar-refractivity contribution >= 4 is 50.8 Å². The van der Waals surface area contributed by atoms with Gasteiger partial charge in [0.15, 0.2) is 11.5 Å². The SMILES string of the molecule is CCCOc1c(Br)cc(/C=C2\SC(=O)N(CC(=O)N3CCCC3)C2=O)cc1OCC. The maximum atomic E-state index is 12.8. The molecule has 0 bridgehead atoms. The number of hydrogen-bond acceptors (Lipinski definition) is 6. The van der Waals surface area contributed by atoms with Crippen LogP contribution in [-0.4, -0.2) is 59.7 Å². The highest BCUT2D eigenvalue weighted by molar-refractivity contribution is 9.10. The number of halogens is 1. The third-order valence-electron chi connectivity index (χ3n) is 4.71. The molecule has 3 rings (SSSR count). The number of imide groups is 1. The van der Waals surface area contributed by atoms with Crippen molar-refractivity contribution in [1.82, 2.24) is 9.80 Å². The molecule has 30 heavy (non-hydrogen) atoms. The van der Waals surface area contributed by atoms with E-state index >= 15 is 0 Å². The van der Waals surface area contributed by atoms with Crippen LogP contribution in [0.25, 0.3) is 6.08 Å². The zero-order valence-electron chi connectivity index (χ0n) is 17.1. The van der Waals surface area contributed by atoms with Gasteiger partial charge in [-0.1, -0.05) is 6.92 Å². The fraction of sp³-hybridized carbons (Fsp3) is 0.476. The van der Waals surface area contributed by atoms with Crippen LogP contribution in [-0.2, 0) is 9.59 Å². The minimum atomic E-state index is -0.446. The van der Waals surface area contributed by atoms with Gasteiger partial charge in [-0.25, -0.2) is 0 Å². The zero-order chi connectivity index (χ0) is 21.7. The predicted molar refractivity (Wildman–Crippen MR) is 120 cm³/mol. The smallest absolute Gasteiger partial charge is 0.294 e. The van der Waals surface area contributed by atoms with Crippen molar-refractivity contribution in [2.75, 3.05) is 32.8 Å². The number of thioether (sulfide) groups is 1. The van der Waals surface area contributed by atoms with E-state index in [1.165, 1.54) is 0 Å². The Balaban J connectivity index is 1.79. The van der Waals surface area contributed by atoms with Gasteiger partial charge >= 0.3 is 0 Å². The maximum Gasteiger partial charge on any atom is 0.294 e. The summed E-state index contributed by atoms with van der Waals surface area (Å²) in [7, 11) is 0. The Hall–Kier alpha value is -2.00. The quantitative estimate of drug-likeness (QED) is 0.499. The average molecular weight is 497 g/mol. The van der Waals surface area contributed by atoms with Gasteiger partial charge in [-0.2, -0.15) is 0 Å². The number of carbonyl (C=O) groups is 3. The molecule has 9 heteroatoms. The van der Waals surface area contributed by atoms with Gasteiger partial charge in [-0.3, -0.25) is 19.3 Å². The van der Waals surface area contributed by atoms with E-state index in [9.17, 15) is 14.4 Å². The Morgan fingerprint density at radius 3 is 2.60 bits per heavy atom. The molecule has 0 spiro atoms. The van der Waals surface area contributed by atoms with Gasteiger partial charge in [0.25, 0.3) is 11.1 Å². The molecular formula is C21H25BrN2O5S. The molecule has 0 radical (unpaired) electrons. The maximum absolute atomic E-state index is 12.8. The molecule has 3 amide bonds. The molecule has 162 valence electrons. The number of amides is 3. The largest absolute Gasteiger partial charge is 0.490 e. The van der Waals surface area contributed by atoms with Gasteiger partial charge in [-0.05, 0) is 77.7 Å². The molecule has 0 unspecified atom stereocenters. The normalized spacial score (nSPS) is 17.9. The Morgan fingerprint density at radius 1 is 1.20 bits per heavy atom. The van der Waals surface area contributed by atoms with E-state index in [2.05, 4.69) is 15.9 Å². The molecule has 0 aromatic heterocycles. The van der Waals surface area contributed by atoms with E-state index in [0.717, 1.165) is 35.9 Å². The Morgan fingerprint density at radius 2 is 1.93 bits per heavy atom. The second-order valence-electron chi connectivity index (χ2n) is 6.97. The number of benzene rings is 1. The minimum absolute atomic E-state index is 0.185. The second kappa shape index (κ2) is 10.3. The lowest BCUT2D eigenvalue weighted by Gasteiger charge is -2.18. The lowest BCUT2D eigenvalue weighted by atomic mass is 10.2. The first-order valence-electron chi connectivity index (χ1n) is 10.1. The first-order valence-corrected chi connectivity index (χ1v) is 11.7. The van der Waals surface area contributed by atoms with Gasteiger partial charge in [0.2, 0.25) is 5.91 Å². The molecular weight excluding hydrogens is 472 g/mol. The zero-order valence-corrected chi connectivity index (χ0v) is 19.5. The molecule has 0 aliphatic carbocycles. The van der Waals surface area contributed by atoms with Crippen molar-refractivity contribution in [1.29, 1.82) is 0 Å². The fourth-order valence-electron chi connectivity index (χ4n) is 3.27. The van der Waals surface area contributed by atoms with Crippen LogP contribution in [0.2, 0.25) is 0 Å². The lowest BCUT2D eigenvalue weighted by Crippen LogP contribution is -2.40. The Kier molecular flexibility index (Phi) is 7.82. The van der Waals surface area contributed by atoms with Crippen LogP contribution in [0.4, 0.5) is 4.79 Å². The summed E-state index contributed by atoms with van der Waals surface area (Å²) in [6.45, 7) is 6.09. The van der Waals surface area contributed by atoms with Crippen molar-refractivity contribution in [3.05, 3.63) is 27.1 Å². The summed E-state index contributed by atoms with van der Waals surface area (Å²) in [5.74, 6) is 0.544. The third kappa shape index (κ3) is 5.18. The summed E-state index contributed by atoms with van der Waals surface area (Å²) >= 11 is 4.35. The van der Waals surface area contributed by atoms with Gasteiger partial charge in [0.05, 0.1) is 22.6 Å². The van der Waals surface area contributed by atoms with Crippen molar-refractivity contribution in [3.63, 3.8) is 0 Å². The van der Waals surface area contributed by atoms with Gasteiger partial charge in [0, 0.05) is 13.1 Å². The molecule has 2 saturated heterocycles. The molecule has 2 aliphatic rings. The molecule has 0 saturated carbocycles. The molecule has 1 aromatic rings. The van der Waals surface area contributed by atoms with Crippen molar-refractivity contribution < 1.29 is 23.9 Å². The van der Waals surface area contributed by atoms with Gasteiger partial charge in [-0.15, -0.1) is 0 Å². The summed E-state index contributed by atoms with van der Waals surface area (Å²) < 4.78 is 12.2. The van der Waals surface area contributed by atoms with Gasteiger partial charge < -0.3 is 14.4 Å². The van der Waals surface area contributed by atoms with Crippen molar-refractivity contribution in [2.45, 2.75) is 33.1 Å². The summed E-state index contributed by atoms with van der Waals surface area (Å²) in [6.07, 6.45) is 4.43. The molecule has 2 fully saturated rings.